The number of aryl methyl sites for hydroxylation is 2. The molecule has 1 aromatic carbocycles. The molecular weight excluding hydrogens is 334 g/mol. The number of nitrogens with zero attached hydrogens (tertiary/aromatic N) is 2. The maximum atomic E-state index is 10.9. The summed E-state index contributed by atoms with van der Waals surface area (Å²) in [5, 5.41) is 26.9. The molecule has 1 aliphatic rings. The average molecular weight is 361 g/mol. The number of hydrogen-bond donors (Lipinski definition) is 3. The standard InChI is InChI=1S/C19H27N3O4/c1-13-10-14-15(6-2-4-8-23)21-22(18-7-3-5-9-26-18)17(14)11-16(13)20-12-19(24)25/h10-11,18,20,23H,2-9,12H2,1H3,(H,24,25). The van der Waals surface area contributed by atoms with Gasteiger partial charge in [-0.1, -0.05) is 0 Å². The van der Waals surface area contributed by atoms with Crippen LogP contribution >= 0.6 is 0 Å². The second kappa shape index (κ2) is 8.51. The number of unbranched alkanes of at least 4 members (excludes halogenated alkanes) is 1. The van der Waals surface area contributed by atoms with Gasteiger partial charge in [-0.05, 0) is 63.1 Å². The Morgan fingerprint density at radius 3 is 2.92 bits per heavy atom. The first-order chi connectivity index (χ1) is 12.6. The Morgan fingerprint density at radius 2 is 2.23 bits per heavy atom. The van der Waals surface area contributed by atoms with E-state index >= 15 is 0 Å². The van der Waals surface area contributed by atoms with Crippen LogP contribution in [0.2, 0.25) is 0 Å². The number of aliphatic hydroxyl groups excluding tert-OH is 1. The SMILES string of the molecule is Cc1cc2c(CCCCO)nn(C3CCCCO3)c2cc1NCC(=O)O. The minimum Gasteiger partial charge on any atom is -0.480 e. The molecule has 3 rings (SSSR count). The number of hydrogen-bond acceptors (Lipinski definition) is 5. The number of anilines is 1. The van der Waals surface area contributed by atoms with Crippen molar-refractivity contribution in [1.82, 2.24) is 9.78 Å². The van der Waals surface area contributed by atoms with Crippen LogP contribution in [0.5, 0.6) is 0 Å². The van der Waals surface area contributed by atoms with Gasteiger partial charge in [0.2, 0.25) is 0 Å². The van der Waals surface area contributed by atoms with Crippen LogP contribution in [0.4, 0.5) is 5.69 Å². The molecule has 1 unspecified atom stereocenters. The van der Waals surface area contributed by atoms with E-state index in [1.807, 2.05) is 17.7 Å². The summed E-state index contributed by atoms with van der Waals surface area (Å²) in [5.74, 6) is -0.890. The van der Waals surface area contributed by atoms with Crippen LogP contribution < -0.4 is 5.32 Å². The molecule has 1 fully saturated rings. The lowest BCUT2D eigenvalue weighted by Crippen LogP contribution is -2.19. The third kappa shape index (κ3) is 4.16. The Bertz CT molecular complexity index is 766. The summed E-state index contributed by atoms with van der Waals surface area (Å²) in [6, 6.07) is 4.05. The molecule has 1 atom stereocenters. The first-order valence-corrected chi connectivity index (χ1v) is 9.30. The van der Waals surface area contributed by atoms with Crippen molar-refractivity contribution < 1.29 is 19.7 Å². The van der Waals surface area contributed by atoms with Gasteiger partial charge in [-0.2, -0.15) is 5.10 Å². The van der Waals surface area contributed by atoms with E-state index in [0.29, 0.717) is 0 Å². The number of ether oxygens (including phenoxy) is 1. The van der Waals surface area contributed by atoms with Crippen molar-refractivity contribution in [2.75, 3.05) is 25.1 Å². The second-order valence-electron chi connectivity index (χ2n) is 6.82. The highest BCUT2D eigenvalue weighted by molar-refractivity contribution is 5.87. The van der Waals surface area contributed by atoms with Crippen LogP contribution in [0, 0.1) is 6.92 Å². The summed E-state index contributed by atoms with van der Waals surface area (Å²) in [4.78, 5) is 10.9. The van der Waals surface area contributed by atoms with Gasteiger partial charge < -0.3 is 20.3 Å². The fraction of sp³-hybridized carbons (Fsp3) is 0.579. The van der Waals surface area contributed by atoms with Gasteiger partial charge in [-0.25, -0.2) is 4.68 Å². The highest BCUT2D eigenvalue weighted by Gasteiger charge is 2.21. The van der Waals surface area contributed by atoms with Crippen LogP contribution in [0.3, 0.4) is 0 Å². The minimum absolute atomic E-state index is 0.0760. The quantitative estimate of drug-likeness (QED) is 0.626. The molecule has 0 radical (unpaired) electrons. The smallest absolute Gasteiger partial charge is 0.322 e. The molecule has 3 N–H and O–H groups in total. The Labute approximate surface area is 153 Å². The zero-order valence-electron chi connectivity index (χ0n) is 15.2. The Morgan fingerprint density at radius 1 is 1.38 bits per heavy atom. The number of fused-ring (bicyclic) bond motifs is 1. The fourth-order valence-electron chi connectivity index (χ4n) is 3.44. The predicted molar refractivity (Wildman–Crippen MR) is 99.5 cm³/mol. The molecule has 2 heterocycles. The van der Waals surface area contributed by atoms with Gasteiger partial charge >= 0.3 is 5.97 Å². The first-order valence-electron chi connectivity index (χ1n) is 9.30. The van der Waals surface area contributed by atoms with Crippen LogP contribution in [0.25, 0.3) is 10.9 Å². The number of benzene rings is 1. The topological polar surface area (TPSA) is 96.6 Å². The lowest BCUT2D eigenvalue weighted by Gasteiger charge is -2.23. The highest BCUT2D eigenvalue weighted by Crippen LogP contribution is 2.32. The highest BCUT2D eigenvalue weighted by atomic mass is 16.5. The zero-order valence-corrected chi connectivity index (χ0v) is 15.2. The molecule has 1 aromatic heterocycles. The van der Waals surface area contributed by atoms with E-state index in [0.717, 1.165) is 73.0 Å². The number of nitrogens with one attached hydrogen (secondary N) is 1. The van der Waals surface area contributed by atoms with Gasteiger partial charge in [-0.3, -0.25) is 4.79 Å². The Balaban J connectivity index is 1.99. The normalized spacial score (nSPS) is 17.5. The van der Waals surface area contributed by atoms with Crippen LogP contribution in [-0.4, -0.2) is 45.7 Å². The number of carbonyl (C=O) groups is 1. The molecule has 0 spiro atoms. The van der Waals surface area contributed by atoms with Gasteiger partial charge in [0.15, 0.2) is 6.23 Å². The summed E-state index contributed by atoms with van der Waals surface area (Å²) in [7, 11) is 0. The molecule has 142 valence electrons. The van der Waals surface area contributed by atoms with Crippen molar-refractivity contribution in [2.45, 2.75) is 51.7 Å². The Kier molecular flexibility index (Phi) is 6.11. The first kappa shape index (κ1) is 18.7. The third-order valence-electron chi connectivity index (χ3n) is 4.81. The Hall–Kier alpha value is -2.12. The van der Waals surface area contributed by atoms with Crippen molar-refractivity contribution in [3.05, 3.63) is 23.4 Å². The van der Waals surface area contributed by atoms with Crippen LogP contribution in [0.15, 0.2) is 12.1 Å². The summed E-state index contributed by atoms with van der Waals surface area (Å²) < 4.78 is 7.88. The lowest BCUT2D eigenvalue weighted by molar-refractivity contribution is -0.134. The van der Waals surface area contributed by atoms with Crippen molar-refractivity contribution in [1.29, 1.82) is 0 Å². The van der Waals surface area contributed by atoms with E-state index in [1.165, 1.54) is 0 Å². The van der Waals surface area contributed by atoms with Crippen molar-refractivity contribution >= 4 is 22.6 Å². The molecule has 1 saturated heterocycles. The third-order valence-corrected chi connectivity index (χ3v) is 4.81. The van der Waals surface area contributed by atoms with E-state index < -0.39 is 5.97 Å². The maximum absolute atomic E-state index is 10.9. The van der Waals surface area contributed by atoms with Gasteiger partial charge in [0.25, 0.3) is 0 Å². The van der Waals surface area contributed by atoms with E-state index in [2.05, 4.69) is 11.4 Å². The van der Waals surface area contributed by atoms with E-state index in [-0.39, 0.29) is 19.4 Å². The molecule has 0 bridgehead atoms. The van der Waals surface area contributed by atoms with E-state index in [9.17, 15) is 4.79 Å². The molecule has 0 aliphatic carbocycles. The molecule has 7 heteroatoms. The molecule has 2 aromatic rings. The summed E-state index contributed by atoms with van der Waals surface area (Å²) in [6.07, 6.45) is 5.48. The van der Waals surface area contributed by atoms with Gasteiger partial charge in [-0.15, -0.1) is 0 Å². The van der Waals surface area contributed by atoms with E-state index in [4.69, 9.17) is 20.0 Å². The van der Waals surface area contributed by atoms with Crippen molar-refractivity contribution in [2.24, 2.45) is 0 Å². The number of rotatable bonds is 8. The lowest BCUT2D eigenvalue weighted by atomic mass is 10.1. The number of aliphatic carboxylic acids is 1. The number of carboxylic acid groups (broad SMARTS) is 1. The fourth-order valence-corrected chi connectivity index (χ4v) is 3.44. The van der Waals surface area contributed by atoms with Gasteiger partial charge in [0, 0.05) is 24.3 Å². The largest absolute Gasteiger partial charge is 0.480 e. The van der Waals surface area contributed by atoms with Crippen LogP contribution in [0.1, 0.15) is 49.6 Å². The van der Waals surface area contributed by atoms with Gasteiger partial charge in [0.1, 0.15) is 6.54 Å². The molecular formula is C19H27N3O4. The second-order valence-corrected chi connectivity index (χ2v) is 6.82. The number of aliphatic hydroxyl groups is 1. The molecule has 7 nitrogen and oxygen atoms in total. The number of aromatic nitrogens is 2. The van der Waals surface area contributed by atoms with Gasteiger partial charge in [0.05, 0.1) is 11.2 Å². The summed E-state index contributed by atoms with van der Waals surface area (Å²) in [5.41, 5.74) is 3.77. The summed E-state index contributed by atoms with van der Waals surface area (Å²) in [6.45, 7) is 2.77. The molecule has 26 heavy (non-hydrogen) atoms. The molecule has 0 saturated carbocycles. The van der Waals surface area contributed by atoms with Crippen LogP contribution in [-0.2, 0) is 16.0 Å². The average Bonchev–Trinajstić information content (AvgIpc) is 2.98. The zero-order chi connectivity index (χ0) is 18.5. The predicted octanol–water partition coefficient (Wildman–Crippen LogP) is 2.86. The van der Waals surface area contributed by atoms with Crippen molar-refractivity contribution in [3.8, 4) is 0 Å². The monoisotopic (exact) mass is 361 g/mol. The number of carboxylic acids is 1. The molecule has 0 amide bonds. The molecule has 1 aliphatic heterocycles. The summed E-state index contributed by atoms with van der Waals surface area (Å²) >= 11 is 0. The van der Waals surface area contributed by atoms with E-state index in [1.54, 1.807) is 0 Å². The minimum atomic E-state index is -0.890. The maximum Gasteiger partial charge on any atom is 0.322 e. The van der Waals surface area contributed by atoms with Crippen molar-refractivity contribution in [3.63, 3.8) is 0 Å².